The molecule has 1 atom stereocenters. The third-order valence-corrected chi connectivity index (χ3v) is 6.46. The van der Waals surface area contributed by atoms with Crippen LogP contribution < -0.4 is 5.32 Å². The number of thiazole rings is 1. The monoisotopic (exact) mass is 387 g/mol. The average Bonchev–Trinajstić information content (AvgIpc) is 3.42. The van der Waals surface area contributed by atoms with E-state index in [0.717, 1.165) is 23.7 Å². The Bertz CT molecular complexity index is 864. The van der Waals surface area contributed by atoms with Crippen molar-refractivity contribution in [2.24, 2.45) is 7.05 Å². The summed E-state index contributed by atoms with van der Waals surface area (Å²) in [5.41, 5.74) is 1.41. The van der Waals surface area contributed by atoms with Gasteiger partial charge in [-0.25, -0.2) is 4.98 Å². The smallest absolute Gasteiger partial charge is 0.270 e. The van der Waals surface area contributed by atoms with E-state index in [1.54, 1.807) is 22.2 Å². The maximum absolute atomic E-state index is 12.6. The third-order valence-electron chi connectivity index (χ3n) is 4.60. The minimum atomic E-state index is -0.114. The number of aryl methyl sites for hydroxylation is 1. The average molecular weight is 388 g/mol. The Hall–Kier alpha value is -2.03. The quantitative estimate of drug-likeness (QED) is 0.706. The standard InChI is InChI=1S/C18H21N5OS2/c1-22-11-13(9-20-22)18-21-14(12-26-18)17(24)19-10-15(16-5-4-8-25-16)23-6-2-3-7-23/h4-5,8-9,11-12,15H,2-3,6-7,10H2,1H3,(H,19,24)/t15-/m0/s1. The fourth-order valence-electron chi connectivity index (χ4n) is 3.27. The number of rotatable bonds is 6. The molecule has 4 heterocycles. The molecule has 1 amide bonds. The Morgan fingerprint density at radius 2 is 2.19 bits per heavy atom. The van der Waals surface area contributed by atoms with Crippen LogP contribution in [0.5, 0.6) is 0 Å². The molecule has 136 valence electrons. The van der Waals surface area contributed by atoms with E-state index in [1.807, 2.05) is 18.6 Å². The summed E-state index contributed by atoms with van der Waals surface area (Å²) in [5, 5.41) is 12.0. The van der Waals surface area contributed by atoms with E-state index in [2.05, 4.69) is 37.8 Å². The fraction of sp³-hybridized carbons (Fsp3) is 0.389. The van der Waals surface area contributed by atoms with Crippen LogP contribution in [0, 0.1) is 0 Å². The zero-order chi connectivity index (χ0) is 17.9. The van der Waals surface area contributed by atoms with Crippen LogP contribution in [-0.2, 0) is 7.05 Å². The Labute approximate surface area is 160 Å². The highest BCUT2D eigenvalue weighted by atomic mass is 32.1. The van der Waals surface area contributed by atoms with E-state index >= 15 is 0 Å². The Morgan fingerprint density at radius 3 is 2.88 bits per heavy atom. The van der Waals surface area contributed by atoms with Gasteiger partial charge in [-0.15, -0.1) is 22.7 Å². The van der Waals surface area contributed by atoms with Crippen LogP contribution in [0.25, 0.3) is 10.6 Å². The predicted octanol–water partition coefficient (Wildman–Crippen LogP) is 3.17. The topological polar surface area (TPSA) is 63.1 Å². The molecule has 26 heavy (non-hydrogen) atoms. The molecule has 0 unspecified atom stereocenters. The zero-order valence-electron chi connectivity index (χ0n) is 14.6. The lowest BCUT2D eigenvalue weighted by Crippen LogP contribution is -2.36. The summed E-state index contributed by atoms with van der Waals surface area (Å²) < 4.78 is 1.73. The van der Waals surface area contributed by atoms with Gasteiger partial charge in [-0.05, 0) is 37.4 Å². The molecule has 4 rings (SSSR count). The van der Waals surface area contributed by atoms with Gasteiger partial charge >= 0.3 is 0 Å². The van der Waals surface area contributed by atoms with Crippen LogP contribution >= 0.6 is 22.7 Å². The van der Waals surface area contributed by atoms with Crippen molar-refractivity contribution >= 4 is 28.6 Å². The van der Waals surface area contributed by atoms with Crippen LogP contribution in [0.15, 0.2) is 35.3 Å². The van der Waals surface area contributed by atoms with Crippen molar-refractivity contribution in [3.8, 4) is 10.6 Å². The normalized spacial score (nSPS) is 16.0. The Balaban J connectivity index is 1.43. The molecular formula is C18H21N5OS2. The number of carbonyl (C=O) groups excluding carboxylic acids is 1. The molecule has 6 nitrogen and oxygen atoms in total. The molecule has 3 aromatic rings. The van der Waals surface area contributed by atoms with Gasteiger partial charge in [0.05, 0.1) is 12.2 Å². The van der Waals surface area contributed by atoms with E-state index in [4.69, 9.17) is 0 Å². The number of hydrogen-bond donors (Lipinski definition) is 1. The van der Waals surface area contributed by atoms with Gasteiger partial charge in [0, 0.05) is 35.6 Å². The Morgan fingerprint density at radius 1 is 1.35 bits per heavy atom. The first-order valence-electron chi connectivity index (χ1n) is 8.71. The van der Waals surface area contributed by atoms with Gasteiger partial charge in [0.25, 0.3) is 5.91 Å². The predicted molar refractivity (Wildman–Crippen MR) is 105 cm³/mol. The van der Waals surface area contributed by atoms with Gasteiger partial charge in [-0.3, -0.25) is 14.4 Å². The molecule has 1 aliphatic rings. The molecule has 1 N–H and O–H groups in total. The molecule has 0 aromatic carbocycles. The second kappa shape index (κ2) is 7.69. The minimum Gasteiger partial charge on any atom is -0.349 e. The lowest BCUT2D eigenvalue weighted by atomic mass is 10.2. The molecule has 0 bridgehead atoms. The summed E-state index contributed by atoms with van der Waals surface area (Å²) in [6.07, 6.45) is 6.13. The number of hydrogen-bond acceptors (Lipinski definition) is 6. The second-order valence-electron chi connectivity index (χ2n) is 6.42. The van der Waals surface area contributed by atoms with Crippen molar-refractivity contribution in [1.29, 1.82) is 0 Å². The summed E-state index contributed by atoms with van der Waals surface area (Å²) in [6.45, 7) is 2.81. The molecule has 1 fully saturated rings. The van der Waals surface area contributed by atoms with E-state index < -0.39 is 0 Å². The van der Waals surface area contributed by atoms with Crippen molar-refractivity contribution in [3.63, 3.8) is 0 Å². The molecule has 1 saturated heterocycles. The largest absolute Gasteiger partial charge is 0.349 e. The van der Waals surface area contributed by atoms with Gasteiger partial charge in [0.1, 0.15) is 10.7 Å². The van der Waals surface area contributed by atoms with Crippen LogP contribution in [0.2, 0.25) is 0 Å². The van der Waals surface area contributed by atoms with E-state index in [1.165, 1.54) is 29.1 Å². The van der Waals surface area contributed by atoms with Crippen LogP contribution in [0.1, 0.15) is 34.2 Å². The first-order valence-corrected chi connectivity index (χ1v) is 10.5. The highest BCUT2D eigenvalue weighted by Gasteiger charge is 2.25. The van der Waals surface area contributed by atoms with Crippen molar-refractivity contribution in [2.45, 2.75) is 18.9 Å². The third kappa shape index (κ3) is 3.72. The highest BCUT2D eigenvalue weighted by Crippen LogP contribution is 2.28. The van der Waals surface area contributed by atoms with Gasteiger partial charge in [0.15, 0.2) is 0 Å². The molecule has 0 aliphatic carbocycles. The lowest BCUT2D eigenvalue weighted by molar-refractivity contribution is 0.0934. The molecule has 1 aliphatic heterocycles. The van der Waals surface area contributed by atoms with E-state index in [9.17, 15) is 4.79 Å². The second-order valence-corrected chi connectivity index (χ2v) is 8.26. The first-order chi connectivity index (χ1) is 12.7. The molecule has 0 saturated carbocycles. The number of nitrogens with one attached hydrogen (secondary N) is 1. The molecule has 8 heteroatoms. The van der Waals surface area contributed by atoms with Gasteiger partial charge in [-0.2, -0.15) is 5.10 Å². The summed E-state index contributed by atoms with van der Waals surface area (Å²) in [5.74, 6) is -0.114. The first kappa shape index (κ1) is 17.4. The van der Waals surface area contributed by atoms with Crippen LogP contribution in [0.4, 0.5) is 0 Å². The van der Waals surface area contributed by atoms with Crippen molar-refractivity contribution in [3.05, 3.63) is 45.9 Å². The molecule has 0 radical (unpaired) electrons. The maximum Gasteiger partial charge on any atom is 0.270 e. The summed E-state index contributed by atoms with van der Waals surface area (Å²) in [4.78, 5) is 20.8. The van der Waals surface area contributed by atoms with Gasteiger partial charge < -0.3 is 5.32 Å². The van der Waals surface area contributed by atoms with Gasteiger partial charge in [-0.1, -0.05) is 6.07 Å². The minimum absolute atomic E-state index is 0.114. The van der Waals surface area contributed by atoms with Gasteiger partial charge in [0.2, 0.25) is 0 Å². The van der Waals surface area contributed by atoms with Crippen LogP contribution in [0.3, 0.4) is 0 Å². The van der Waals surface area contributed by atoms with Crippen LogP contribution in [-0.4, -0.2) is 45.2 Å². The highest BCUT2D eigenvalue weighted by molar-refractivity contribution is 7.13. The fourth-order valence-corrected chi connectivity index (χ4v) is 4.90. The number of thiophene rings is 1. The zero-order valence-corrected chi connectivity index (χ0v) is 16.2. The summed E-state index contributed by atoms with van der Waals surface area (Å²) in [7, 11) is 1.87. The number of amides is 1. The van der Waals surface area contributed by atoms with Crippen molar-refractivity contribution in [1.82, 2.24) is 25.0 Å². The number of carbonyl (C=O) groups is 1. The van der Waals surface area contributed by atoms with Crippen molar-refractivity contribution < 1.29 is 4.79 Å². The summed E-state index contributed by atoms with van der Waals surface area (Å²) >= 11 is 3.22. The molecular weight excluding hydrogens is 366 g/mol. The Kier molecular flexibility index (Phi) is 5.14. The number of likely N-dealkylation sites (tertiary alicyclic amines) is 1. The summed E-state index contributed by atoms with van der Waals surface area (Å²) in [6, 6.07) is 4.48. The molecule has 3 aromatic heterocycles. The molecule has 0 spiro atoms. The number of aromatic nitrogens is 3. The maximum atomic E-state index is 12.6. The number of nitrogens with zero attached hydrogens (tertiary/aromatic N) is 4. The van der Waals surface area contributed by atoms with E-state index in [0.29, 0.717) is 12.2 Å². The van der Waals surface area contributed by atoms with E-state index in [-0.39, 0.29) is 11.9 Å². The van der Waals surface area contributed by atoms with Crippen molar-refractivity contribution in [2.75, 3.05) is 19.6 Å². The SMILES string of the molecule is Cn1cc(-c2nc(C(=O)NC[C@@H](c3cccs3)N3CCCC3)cs2)cn1. The lowest BCUT2D eigenvalue weighted by Gasteiger charge is -2.26.